The molecule has 3 rings (SSSR count). The predicted molar refractivity (Wildman–Crippen MR) is 124 cm³/mol. The normalized spacial score (nSPS) is 19.1. The zero-order chi connectivity index (χ0) is 22.8. The Morgan fingerprint density at radius 3 is 2.26 bits per heavy atom. The second kappa shape index (κ2) is 9.13. The van der Waals surface area contributed by atoms with Crippen molar-refractivity contribution in [3.05, 3.63) is 65.2 Å². The summed E-state index contributed by atoms with van der Waals surface area (Å²) in [6, 6.07) is 15.1. The molecule has 0 spiro atoms. The summed E-state index contributed by atoms with van der Waals surface area (Å²) in [6.45, 7) is 11.1. The van der Waals surface area contributed by atoms with E-state index in [-0.39, 0.29) is 34.7 Å². The van der Waals surface area contributed by atoms with Crippen LogP contribution in [0.15, 0.2) is 53.4 Å². The van der Waals surface area contributed by atoms with Gasteiger partial charge in [0.2, 0.25) is 15.9 Å². The van der Waals surface area contributed by atoms with Crippen LogP contribution in [0.4, 0.5) is 0 Å². The van der Waals surface area contributed by atoms with Crippen LogP contribution in [0.25, 0.3) is 0 Å². The van der Waals surface area contributed by atoms with E-state index in [1.165, 1.54) is 9.87 Å². The van der Waals surface area contributed by atoms with Crippen molar-refractivity contribution >= 4 is 15.9 Å². The second-order valence-electron chi connectivity index (χ2n) is 9.62. The maximum absolute atomic E-state index is 13.0. The van der Waals surface area contributed by atoms with E-state index < -0.39 is 10.0 Å². The van der Waals surface area contributed by atoms with E-state index in [4.69, 9.17) is 0 Å². The average Bonchev–Trinajstić information content (AvgIpc) is 2.73. The number of hydrogen-bond acceptors (Lipinski definition) is 3. The first-order valence-corrected chi connectivity index (χ1v) is 12.4. The molecule has 2 aromatic carbocycles. The van der Waals surface area contributed by atoms with Crippen LogP contribution in [0.3, 0.4) is 0 Å². The van der Waals surface area contributed by atoms with Gasteiger partial charge in [-0.2, -0.15) is 4.31 Å². The van der Waals surface area contributed by atoms with Crippen LogP contribution in [0.2, 0.25) is 0 Å². The molecular formula is C25H34N2O3S. The standard InChI is InChI=1S/C25H34N2O3S/c1-18-8-14-23(15-9-18)31(29,30)27-16-6-7-21(17-27)24(28)26-19(2)20-10-12-22(13-11-20)25(3,4)5/h8-15,19,21H,6-7,16-17H2,1-5H3,(H,26,28). The van der Waals surface area contributed by atoms with Crippen LogP contribution in [0, 0.1) is 12.8 Å². The zero-order valence-electron chi connectivity index (χ0n) is 19.2. The topological polar surface area (TPSA) is 66.5 Å². The highest BCUT2D eigenvalue weighted by Gasteiger charge is 2.33. The van der Waals surface area contributed by atoms with Gasteiger partial charge in [0.15, 0.2) is 0 Å². The number of sulfonamides is 1. The Morgan fingerprint density at radius 2 is 1.68 bits per heavy atom. The van der Waals surface area contributed by atoms with Crippen molar-refractivity contribution in [1.82, 2.24) is 9.62 Å². The van der Waals surface area contributed by atoms with E-state index in [9.17, 15) is 13.2 Å². The number of piperidine rings is 1. The van der Waals surface area contributed by atoms with Gasteiger partial charge in [-0.25, -0.2) is 8.42 Å². The fourth-order valence-electron chi connectivity index (χ4n) is 3.92. The van der Waals surface area contributed by atoms with Crippen LogP contribution in [-0.2, 0) is 20.2 Å². The largest absolute Gasteiger partial charge is 0.349 e. The van der Waals surface area contributed by atoms with Crippen molar-refractivity contribution < 1.29 is 13.2 Å². The molecule has 168 valence electrons. The molecule has 31 heavy (non-hydrogen) atoms. The van der Waals surface area contributed by atoms with Gasteiger partial charge in [0.25, 0.3) is 0 Å². The van der Waals surface area contributed by atoms with Crippen molar-refractivity contribution in [2.75, 3.05) is 13.1 Å². The van der Waals surface area contributed by atoms with Gasteiger partial charge < -0.3 is 5.32 Å². The van der Waals surface area contributed by atoms with E-state index in [2.05, 4.69) is 50.4 Å². The highest BCUT2D eigenvalue weighted by molar-refractivity contribution is 7.89. The fourth-order valence-corrected chi connectivity index (χ4v) is 5.44. The minimum absolute atomic E-state index is 0.0829. The number of hydrogen-bond donors (Lipinski definition) is 1. The molecule has 1 aliphatic heterocycles. The molecule has 1 N–H and O–H groups in total. The molecule has 6 heteroatoms. The van der Waals surface area contributed by atoms with Crippen LogP contribution in [0.5, 0.6) is 0 Å². The average molecular weight is 443 g/mol. The Labute approximate surface area is 186 Å². The van der Waals surface area contributed by atoms with Gasteiger partial charge in [-0.1, -0.05) is 62.7 Å². The lowest BCUT2D eigenvalue weighted by molar-refractivity contribution is -0.126. The van der Waals surface area contributed by atoms with Crippen molar-refractivity contribution in [2.45, 2.75) is 63.8 Å². The first kappa shape index (κ1) is 23.5. The second-order valence-corrected chi connectivity index (χ2v) is 11.6. The Bertz CT molecular complexity index is 1010. The summed E-state index contributed by atoms with van der Waals surface area (Å²) >= 11 is 0. The van der Waals surface area contributed by atoms with Crippen LogP contribution in [0.1, 0.15) is 63.3 Å². The van der Waals surface area contributed by atoms with Gasteiger partial charge in [-0.15, -0.1) is 0 Å². The summed E-state index contributed by atoms with van der Waals surface area (Å²) in [5, 5.41) is 3.08. The lowest BCUT2D eigenvalue weighted by atomic mass is 9.86. The Morgan fingerprint density at radius 1 is 1.06 bits per heavy atom. The molecular weight excluding hydrogens is 408 g/mol. The molecule has 1 saturated heterocycles. The smallest absolute Gasteiger partial charge is 0.243 e. The minimum atomic E-state index is -3.59. The van der Waals surface area contributed by atoms with Gasteiger partial charge in [0, 0.05) is 13.1 Å². The molecule has 5 nitrogen and oxygen atoms in total. The van der Waals surface area contributed by atoms with Crippen LogP contribution in [-0.4, -0.2) is 31.7 Å². The lowest BCUT2D eigenvalue weighted by Gasteiger charge is -2.32. The van der Waals surface area contributed by atoms with E-state index in [0.717, 1.165) is 11.1 Å². The number of carbonyl (C=O) groups excluding carboxylic acids is 1. The van der Waals surface area contributed by atoms with Gasteiger partial charge >= 0.3 is 0 Å². The molecule has 0 aromatic heterocycles. The van der Waals surface area contributed by atoms with Crippen molar-refractivity contribution in [2.24, 2.45) is 5.92 Å². The molecule has 2 aromatic rings. The van der Waals surface area contributed by atoms with Crippen LogP contribution < -0.4 is 5.32 Å². The zero-order valence-corrected chi connectivity index (χ0v) is 20.0. The Hall–Kier alpha value is -2.18. The minimum Gasteiger partial charge on any atom is -0.349 e. The van der Waals surface area contributed by atoms with E-state index in [1.807, 2.05) is 13.8 Å². The molecule has 2 atom stereocenters. The number of amides is 1. The number of aryl methyl sites for hydroxylation is 1. The molecule has 0 radical (unpaired) electrons. The summed E-state index contributed by atoms with van der Waals surface area (Å²) in [7, 11) is -3.59. The number of rotatable bonds is 5. The van der Waals surface area contributed by atoms with Crippen molar-refractivity contribution in [3.63, 3.8) is 0 Å². The molecule has 0 bridgehead atoms. The Balaban J connectivity index is 1.66. The van der Waals surface area contributed by atoms with Gasteiger partial charge in [-0.05, 0) is 55.4 Å². The Kier molecular flexibility index (Phi) is 6.92. The number of carbonyl (C=O) groups is 1. The molecule has 0 aliphatic carbocycles. The van der Waals surface area contributed by atoms with Gasteiger partial charge in [-0.3, -0.25) is 4.79 Å². The highest BCUT2D eigenvalue weighted by Crippen LogP contribution is 2.26. The molecule has 1 aliphatic rings. The maximum Gasteiger partial charge on any atom is 0.243 e. The maximum atomic E-state index is 13.0. The highest BCUT2D eigenvalue weighted by atomic mass is 32.2. The first-order valence-electron chi connectivity index (χ1n) is 11.0. The third-order valence-electron chi connectivity index (χ3n) is 6.05. The predicted octanol–water partition coefficient (Wildman–Crippen LogP) is 4.57. The first-order chi connectivity index (χ1) is 14.5. The summed E-state index contributed by atoms with van der Waals surface area (Å²) in [6.07, 6.45) is 1.37. The van der Waals surface area contributed by atoms with Crippen molar-refractivity contribution in [3.8, 4) is 0 Å². The fraction of sp³-hybridized carbons (Fsp3) is 0.480. The lowest BCUT2D eigenvalue weighted by Crippen LogP contribution is -2.45. The van der Waals surface area contributed by atoms with E-state index >= 15 is 0 Å². The number of nitrogens with zero attached hydrogens (tertiary/aromatic N) is 1. The summed E-state index contributed by atoms with van der Waals surface area (Å²) in [5.41, 5.74) is 3.39. The van der Waals surface area contributed by atoms with Crippen LogP contribution >= 0.6 is 0 Å². The monoisotopic (exact) mass is 442 g/mol. The summed E-state index contributed by atoms with van der Waals surface area (Å²) in [4.78, 5) is 13.2. The third kappa shape index (κ3) is 5.55. The van der Waals surface area contributed by atoms with E-state index in [0.29, 0.717) is 19.4 Å². The van der Waals surface area contributed by atoms with E-state index in [1.54, 1.807) is 24.3 Å². The molecule has 2 unspecified atom stereocenters. The molecule has 0 saturated carbocycles. The summed E-state index contributed by atoms with van der Waals surface area (Å²) < 4.78 is 27.5. The van der Waals surface area contributed by atoms with Crippen molar-refractivity contribution in [1.29, 1.82) is 0 Å². The van der Waals surface area contributed by atoms with Gasteiger partial charge in [0.1, 0.15) is 0 Å². The third-order valence-corrected chi connectivity index (χ3v) is 7.93. The number of benzene rings is 2. The number of nitrogens with one attached hydrogen (secondary N) is 1. The quantitative estimate of drug-likeness (QED) is 0.738. The summed E-state index contributed by atoms with van der Waals surface area (Å²) in [5.74, 6) is -0.429. The molecule has 1 heterocycles. The molecule has 1 fully saturated rings. The van der Waals surface area contributed by atoms with Gasteiger partial charge in [0.05, 0.1) is 16.9 Å². The SMILES string of the molecule is Cc1ccc(S(=O)(=O)N2CCCC(C(=O)NC(C)c3ccc(C(C)(C)C)cc3)C2)cc1. The molecule has 1 amide bonds.